The number of hydrogen-bond donors (Lipinski definition) is 2. The second-order valence-corrected chi connectivity index (χ2v) is 8.52. The number of anilines is 1. The lowest BCUT2D eigenvalue weighted by molar-refractivity contribution is -0.141. The van der Waals surface area contributed by atoms with Crippen LogP contribution < -0.4 is 11.1 Å². The number of hydrogen-bond acceptors (Lipinski definition) is 6. The Morgan fingerprint density at radius 2 is 1.93 bits per heavy atom. The summed E-state index contributed by atoms with van der Waals surface area (Å²) < 4.78 is 28.5. The van der Waals surface area contributed by atoms with Crippen LogP contribution in [0, 0.1) is 0 Å². The normalized spacial score (nSPS) is 19.1. The molecule has 148 valence electrons. The summed E-state index contributed by atoms with van der Waals surface area (Å²) in [5.74, 6) is -1.14. The molecule has 0 bridgehead atoms. The largest absolute Gasteiger partial charge is 0.449 e. The van der Waals surface area contributed by atoms with Gasteiger partial charge in [-0.3, -0.25) is 4.79 Å². The number of amides is 3. The Labute approximate surface area is 157 Å². The average molecular weight is 397 g/mol. The molecule has 2 rings (SSSR count). The number of likely N-dealkylation sites (N-methyl/N-ethyl adjacent to an activating group) is 1. The van der Waals surface area contributed by atoms with Crippen LogP contribution in [-0.4, -0.2) is 61.4 Å². The zero-order chi connectivity index (χ0) is 20.2. The summed E-state index contributed by atoms with van der Waals surface area (Å²) >= 11 is 0. The molecule has 3 amide bonds. The van der Waals surface area contributed by atoms with E-state index in [4.69, 9.17) is 10.5 Å². The van der Waals surface area contributed by atoms with Gasteiger partial charge in [-0.1, -0.05) is 0 Å². The first-order valence-electron chi connectivity index (χ1n) is 8.51. The Balaban J connectivity index is 2.00. The van der Waals surface area contributed by atoms with Gasteiger partial charge in [0.25, 0.3) is 5.91 Å². The third kappa shape index (κ3) is 5.43. The number of urea groups is 1. The summed E-state index contributed by atoms with van der Waals surface area (Å²) in [4.78, 5) is 37.1. The second kappa shape index (κ2) is 8.38. The Morgan fingerprint density at radius 3 is 2.41 bits per heavy atom. The van der Waals surface area contributed by atoms with Crippen LogP contribution in [0.4, 0.5) is 10.5 Å². The quantitative estimate of drug-likeness (QED) is 0.680. The standard InChI is InChI=1S/C17H23N3O6S/c1-3-20(14-8-9-27(24,25)10-14)15(21)11(2)26-16(22)12-4-6-13(7-5-12)19-17(18)23/h4-7,11,14H,3,8-10H2,1-2H3,(H3,18,19,23). The van der Waals surface area contributed by atoms with Crippen molar-refractivity contribution in [2.75, 3.05) is 23.4 Å². The van der Waals surface area contributed by atoms with E-state index in [-0.39, 0.29) is 17.1 Å². The van der Waals surface area contributed by atoms with Gasteiger partial charge in [0.2, 0.25) is 0 Å². The molecule has 1 aliphatic rings. The molecule has 1 aromatic rings. The zero-order valence-corrected chi connectivity index (χ0v) is 16.0. The molecule has 0 saturated carbocycles. The molecule has 1 heterocycles. The lowest BCUT2D eigenvalue weighted by Crippen LogP contribution is -2.46. The Kier molecular flexibility index (Phi) is 6.42. The van der Waals surface area contributed by atoms with Gasteiger partial charge in [0.1, 0.15) is 0 Å². The van der Waals surface area contributed by atoms with Crippen LogP contribution in [0.5, 0.6) is 0 Å². The Morgan fingerprint density at radius 1 is 1.30 bits per heavy atom. The van der Waals surface area contributed by atoms with E-state index in [2.05, 4.69) is 5.32 Å². The Bertz CT molecular complexity index is 822. The fourth-order valence-electron chi connectivity index (χ4n) is 2.96. The first-order valence-corrected chi connectivity index (χ1v) is 10.3. The van der Waals surface area contributed by atoms with Crippen molar-refractivity contribution in [2.24, 2.45) is 5.73 Å². The maximum absolute atomic E-state index is 12.6. The molecule has 3 N–H and O–H groups in total. The molecule has 1 aromatic carbocycles. The van der Waals surface area contributed by atoms with E-state index in [1.807, 2.05) is 0 Å². The maximum atomic E-state index is 12.6. The number of sulfone groups is 1. The van der Waals surface area contributed by atoms with E-state index in [1.54, 1.807) is 6.92 Å². The molecule has 27 heavy (non-hydrogen) atoms. The highest BCUT2D eigenvalue weighted by Crippen LogP contribution is 2.19. The van der Waals surface area contributed by atoms with Crippen molar-refractivity contribution in [1.82, 2.24) is 4.90 Å². The number of nitrogens with one attached hydrogen (secondary N) is 1. The molecular weight excluding hydrogens is 374 g/mol. The molecule has 1 saturated heterocycles. The summed E-state index contributed by atoms with van der Waals surface area (Å²) in [5, 5.41) is 2.37. The first kappa shape index (κ1) is 20.7. The van der Waals surface area contributed by atoms with Gasteiger partial charge in [-0.25, -0.2) is 18.0 Å². The van der Waals surface area contributed by atoms with E-state index in [0.29, 0.717) is 18.7 Å². The van der Waals surface area contributed by atoms with Gasteiger partial charge in [-0.05, 0) is 44.5 Å². The number of nitrogens with two attached hydrogens (primary N) is 1. The monoisotopic (exact) mass is 397 g/mol. The molecule has 9 nitrogen and oxygen atoms in total. The van der Waals surface area contributed by atoms with Crippen LogP contribution in [0.15, 0.2) is 24.3 Å². The number of carbonyl (C=O) groups excluding carboxylic acids is 3. The molecule has 0 radical (unpaired) electrons. The number of benzene rings is 1. The summed E-state index contributed by atoms with van der Waals surface area (Å²) in [6, 6.07) is 4.72. The minimum atomic E-state index is -3.13. The smallest absolute Gasteiger partial charge is 0.338 e. The number of esters is 1. The van der Waals surface area contributed by atoms with Gasteiger partial charge >= 0.3 is 12.0 Å². The highest BCUT2D eigenvalue weighted by Gasteiger charge is 2.36. The van der Waals surface area contributed by atoms with E-state index >= 15 is 0 Å². The third-order valence-electron chi connectivity index (χ3n) is 4.29. The molecule has 2 atom stereocenters. The zero-order valence-electron chi connectivity index (χ0n) is 15.2. The summed E-state index contributed by atoms with van der Waals surface area (Å²) in [6.45, 7) is 3.53. The van der Waals surface area contributed by atoms with E-state index in [0.717, 1.165) is 0 Å². The summed E-state index contributed by atoms with van der Waals surface area (Å²) in [6.07, 6.45) is -0.666. The Hall–Kier alpha value is -2.62. The molecule has 10 heteroatoms. The van der Waals surface area contributed by atoms with Crippen molar-refractivity contribution >= 4 is 33.4 Å². The van der Waals surface area contributed by atoms with Gasteiger partial charge < -0.3 is 20.7 Å². The van der Waals surface area contributed by atoms with Crippen LogP contribution in [0.2, 0.25) is 0 Å². The van der Waals surface area contributed by atoms with Crippen molar-refractivity contribution < 1.29 is 27.5 Å². The van der Waals surface area contributed by atoms with Crippen LogP contribution in [0.1, 0.15) is 30.6 Å². The van der Waals surface area contributed by atoms with Gasteiger partial charge in [-0.2, -0.15) is 0 Å². The minimum Gasteiger partial charge on any atom is -0.449 e. The van der Waals surface area contributed by atoms with Crippen molar-refractivity contribution in [1.29, 1.82) is 0 Å². The third-order valence-corrected chi connectivity index (χ3v) is 6.04. The molecular formula is C17H23N3O6S. The first-order chi connectivity index (χ1) is 12.6. The lowest BCUT2D eigenvalue weighted by atomic mass is 10.2. The number of nitrogens with zero attached hydrogens (tertiary/aromatic N) is 1. The highest BCUT2D eigenvalue weighted by atomic mass is 32.2. The molecule has 0 spiro atoms. The van der Waals surface area contributed by atoms with E-state index in [1.165, 1.54) is 36.1 Å². The highest BCUT2D eigenvalue weighted by molar-refractivity contribution is 7.91. The summed E-state index contributed by atoms with van der Waals surface area (Å²) in [5.41, 5.74) is 5.63. The maximum Gasteiger partial charge on any atom is 0.338 e. The van der Waals surface area contributed by atoms with Crippen LogP contribution >= 0.6 is 0 Å². The molecule has 1 aliphatic heterocycles. The van der Waals surface area contributed by atoms with Gasteiger partial charge in [0.15, 0.2) is 15.9 Å². The minimum absolute atomic E-state index is 0.0568. The number of primary amides is 1. The average Bonchev–Trinajstić information content (AvgIpc) is 2.95. The van der Waals surface area contributed by atoms with Gasteiger partial charge in [0, 0.05) is 18.3 Å². The van der Waals surface area contributed by atoms with Crippen molar-refractivity contribution in [2.45, 2.75) is 32.4 Å². The molecule has 0 aromatic heterocycles. The summed E-state index contributed by atoms with van der Waals surface area (Å²) in [7, 11) is -3.13. The van der Waals surface area contributed by atoms with Crippen molar-refractivity contribution in [3.63, 3.8) is 0 Å². The molecule has 1 fully saturated rings. The predicted molar refractivity (Wildman–Crippen MR) is 99.0 cm³/mol. The van der Waals surface area contributed by atoms with Crippen LogP contribution in [0.3, 0.4) is 0 Å². The second-order valence-electron chi connectivity index (χ2n) is 6.30. The molecule has 0 aliphatic carbocycles. The number of rotatable bonds is 6. The fraction of sp³-hybridized carbons (Fsp3) is 0.471. The van der Waals surface area contributed by atoms with Gasteiger partial charge in [-0.15, -0.1) is 0 Å². The van der Waals surface area contributed by atoms with Crippen molar-refractivity contribution in [3.8, 4) is 0 Å². The lowest BCUT2D eigenvalue weighted by Gasteiger charge is -2.29. The van der Waals surface area contributed by atoms with Gasteiger partial charge in [0.05, 0.1) is 17.1 Å². The van der Waals surface area contributed by atoms with Crippen LogP contribution in [0.25, 0.3) is 0 Å². The SMILES string of the molecule is CCN(C(=O)C(C)OC(=O)c1ccc(NC(N)=O)cc1)C1CCS(=O)(=O)C1. The van der Waals surface area contributed by atoms with Crippen molar-refractivity contribution in [3.05, 3.63) is 29.8 Å². The molecule has 2 unspecified atom stereocenters. The van der Waals surface area contributed by atoms with E-state index < -0.39 is 39.9 Å². The van der Waals surface area contributed by atoms with Crippen LogP contribution in [-0.2, 0) is 19.4 Å². The topological polar surface area (TPSA) is 136 Å². The predicted octanol–water partition coefficient (Wildman–Crippen LogP) is 0.758. The van der Waals surface area contributed by atoms with E-state index in [9.17, 15) is 22.8 Å². The number of ether oxygens (including phenoxy) is 1. The fourth-order valence-corrected chi connectivity index (χ4v) is 4.69. The number of carbonyl (C=O) groups is 3.